The van der Waals surface area contributed by atoms with Crippen LogP contribution in [-0.4, -0.2) is 68.0 Å². The minimum absolute atomic E-state index is 0. The average molecular weight is 459 g/mol. The molecule has 1 aromatic carbocycles. The number of hydrogen-bond acceptors (Lipinski definition) is 3. The molecule has 1 aromatic rings. The minimum Gasteiger partial charge on any atom is -0.355 e. The lowest BCUT2D eigenvalue weighted by Crippen LogP contribution is -2.50. The van der Waals surface area contributed by atoms with Crippen LogP contribution in [0.5, 0.6) is 0 Å². The number of nitrogens with zero attached hydrogens (tertiary/aromatic N) is 3. The van der Waals surface area contributed by atoms with Crippen molar-refractivity contribution in [3.05, 3.63) is 35.4 Å². The quantitative estimate of drug-likeness (QED) is 0.398. The minimum atomic E-state index is 0. The van der Waals surface area contributed by atoms with Gasteiger partial charge in [0, 0.05) is 59.8 Å². The summed E-state index contributed by atoms with van der Waals surface area (Å²) >= 11 is 0. The lowest BCUT2D eigenvalue weighted by Gasteiger charge is -2.34. The number of rotatable bonds is 5. The number of aliphatic imine (C=N–C) groups is 1. The smallest absolute Gasteiger partial charge is 0.219 e. The molecule has 2 rings (SSSR count). The molecular formula is C18H30IN5O. The van der Waals surface area contributed by atoms with E-state index >= 15 is 0 Å². The Bertz CT molecular complexity index is 570. The maximum absolute atomic E-state index is 11.3. The molecule has 0 radical (unpaired) electrons. The van der Waals surface area contributed by atoms with E-state index in [1.165, 1.54) is 11.1 Å². The zero-order chi connectivity index (χ0) is 17.4. The first-order valence-corrected chi connectivity index (χ1v) is 8.56. The largest absolute Gasteiger partial charge is 0.355 e. The molecule has 1 aliphatic heterocycles. The van der Waals surface area contributed by atoms with Crippen molar-refractivity contribution < 1.29 is 4.79 Å². The maximum atomic E-state index is 11.3. The summed E-state index contributed by atoms with van der Waals surface area (Å²) in [5, 5.41) is 6.69. The lowest BCUT2D eigenvalue weighted by atomic mass is 10.1. The second-order valence-corrected chi connectivity index (χ2v) is 6.19. The summed E-state index contributed by atoms with van der Waals surface area (Å²) in [5.41, 5.74) is 2.51. The SMILES string of the molecule is CN=C(NCCN1CCN(C(C)=O)CC1)NCc1cccc(C)c1.I. The molecule has 1 saturated heterocycles. The fourth-order valence-corrected chi connectivity index (χ4v) is 2.85. The van der Waals surface area contributed by atoms with Crippen molar-refractivity contribution in [1.29, 1.82) is 0 Å². The third-order valence-corrected chi connectivity index (χ3v) is 4.30. The van der Waals surface area contributed by atoms with E-state index in [2.05, 4.69) is 51.7 Å². The van der Waals surface area contributed by atoms with Crippen molar-refractivity contribution in [1.82, 2.24) is 20.4 Å². The fourth-order valence-electron chi connectivity index (χ4n) is 2.85. The number of halogens is 1. The number of carbonyl (C=O) groups is 1. The number of carbonyl (C=O) groups excluding carboxylic acids is 1. The molecule has 0 atom stereocenters. The summed E-state index contributed by atoms with van der Waals surface area (Å²) in [4.78, 5) is 19.9. The summed E-state index contributed by atoms with van der Waals surface area (Å²) in [6.45, 7) is 9.84. The van der Waals surface area contributed by atoms with Gasteiger partial charge in [-0.2, -0.15) is 0 Å². The average Bonchev–Trinajstić information content (AvgIpc) is 2.58. The van der Waals surface area contributed by atoms with Gasteiger partial charge in [0.2, 0.25) is 5.91 Å². The molecule has 140 valence electrons. The lowest BCUT2D eigenvalue weighted by molar-refractivity contribution is -0.130. The van der Waals surface area contributed by atoms with Crippen LogP contribution in [0.15, 0.2) is 29.3 Å². The third kappa shape index (κ3) is 7.60. The molecule has 6 nitrogen and oxygen atoms in total. The molecule has 0 saturated carbocycles. The van der Waals surface area contributed by atoms with E-state index in [4.69, 9.17) is 0 Å². The van der Waals surface area contributed by atoms with Gasteiger partial charge < -0.3 is 15.5 Å². The number of hydrogen-bond donors (Lipinski definition) is 2. The highest BCUT2D eigenvalue weighted by molar-refractivity contribution is 14.0. The number of benzene rings is 1. The number of piperazine rings is 1. The molecule has 2 N–H and O–H groups in total. The highest BCUT2D eigenvalue weighted by atomic mass is 127. The molecule has 1 aliphatic rings. The van der Waals surface area contributed by atoms with Gasteiger partial charge in [-0.25, -0.2) is 0 Å². The Morgan fingerprint density at radius 2 is 1.92 bits per heavy atom. The zero-order valence-corrected chi connectivity index (χ0v) is 17.7. The van der Waals surface area contributed by atoms with Crippen LogP contribution in [0.25, 0.3) is 0 Å². The summed E-state index contributed by atoms with van der Waals surface area (Å²) in [6.07, 6.45) is 0. The van der Waals surface area contributed by atoms with E-state index in [0.29, 0.717) is 0 Å². The van der Waals surface area contributed by atoms with Crippen molar-refractivity contribution in [3.63, 3.8) is 0 Å². The predicted octanol–water partition coefficient (Wildman–Crippen LogP) is 1.44. The van der Waals surface area contributed by atoms with Gasteiger partial charge in [0.1, 0.15) is 0 Å². The topological polar surface area (TPSA) is 60.0 Å². The fraction of sp³-hybridized carbons (Fsp3) is 0.556. The van der Waals surface area contributed by atoms with Gasteiger partial charge >= 0.3 is 0 Å². The predicted molar refractivity (Wildman–Crippen MR) is 113 cm³/mol. The first-order chi connectivity index (χ1) is 11.6. The van der Waals surface area contributed by atoms with Gasteiger partial charge in [-0.15, -0.1) is 24.0 Å². The molecule has 0 bridgehead atoms. The Hall–Kier alpha value is -1.35. The van der Waals surface area contributed by atoms with E-state index in [1.54, 1.807) is 14.0 Å². The van der Waals surface area contributed by atoms with Crippen LogP contribution in [-0.2, 0) is 11.3 Å². The van der Waals surface area contributed by atoms with E-state index in [0.717, 1.165) is 51.8 Å². The molecule has 1 heterocycles. The van der Waals surface area contributed by atoms with Crippen LogP contribution >= 0.6 is 24.0 Å². The second-order valence-electron chi connectivity index (χ2n) is 6.19. The standard InChI is InChI=1S/C18H29N5O.HI/c1-15-5-4-6-17(13-15)14-21-18(19-3)20-7-8-22-9-11-23(12-10-22)16(2)24;/h4-6,13H,7-12,14H2,1-3H3,(H2,19,20,21);1H. The number of aryl methyl sites for hydroxylation is 1. The van der Waals surface area contributed by atoms with Crippen molar-refractivity contribution in [2.45, 2.75) is 20.4 Å². The third-order valence-electron chi connectivity index (χ3n) is 4.30. The number of guanidine groups is 1. The maximum Gasteiger partial charge on any atom is 0.219 e. The monoisotopic (exact) mass is 459 g/mol. The summed E-state index contributed by atoms with van der Waals surface area (Å²) in [6, 6.07) is 8.46. The van der Waals surface area contributed by atoms with Crippen molar-refractivity contribution in [2.75, 3.05) is 46.3 Å². The first-order valence-electron chi connectivity index (χ1n) is 8.56. The van der Waals surface area contributed by atoms with Gasteiger partial charge in [-0.1, -0.05) is 29.8 Å². The molecule has 25 heavy (non-hydrogen) atoms. The molecular weight excluding hydrogens is 429 g/mol. The molecule has 1 fully saturated rings. The van der Waals surface area contributed by atoms with Gasteiger partial charge in [-0.3, -0.25) is 14.7 Å². The molecule has 7 heteroatoms. The second kappa shape index (κ2) is 11.3. The zero-order valence-electron chi connectivity index (χ0n) is 15.4. The van der Waals surface area contributed by atoms with Crippen LogP contribution < -0.4 is 10.6 Å². The Morgan fingerprint density at radius 1 is 1.20 bits per heavy atom. The van der Waals surface area contributed by atoms with Gasteiger partial charge in [-0.05, 0) is 12.5 Å². The number of nitrogens with one attached hydrogen (secondary N) is 2. The van der Waals surface area contributed by atoms with Crippen molar-refractivity contribution >= 4 is 35.8 Å². The molecule has 1 amide bonds. The highest BCUT2D eigenvalue weighted by Gasteiger charge is 2.17. The van der Waals surface area contributed by atoms with Crippen LogP contribution in [0.4, 0.5) is 0 Å². The molecule has 0 spiro atoms. The summed E-state index contributed by atoms with van der Waals surface area (Å²) in [5.74, 6) is 0.993. The van der Waals surface area contributed by atoms with E-state index < -0.39 is 0 Å². The molecule has 0 aromatic heterocycles. The van der Waals surface area contributed by atoms with Crippen LogP contribution in [0.3, 0.4) is 0 Å². The van der Waals surface area contributed by atoms with Crippen LogP contribution in [0, 0.1) is 6.92 Å². The van der Waals surface area contributed by atoms with E-state index in [-0.39, 0.29) is 29.9 Å². The number of amides is 1. The van der Waals surface area contributed by atoms with Gasteiger partial charge in [0.25, 0.3) is 0 Å². The van der Waals surface area contributed by atoms with Crippen molar-refractivity contribution in [3.8, 4) is 0 Å². The van der Waals surface area contributed by atoms with E-state index in [9.17, 15) is 4.79 Å². The molecule has 0 aliphatic carbocycles. The normalized spacial score (nSPS) is 15.5. The first kappa shape index (κ1) is 21.7. The van der Waals surface area contributed by atoms with Gasteiger partial charge in [0.05, 0.1) is 0 Å². The Morgan fingerprint density at radius 3 is 2.52 bits per heavy atom. The van der Waals surface area contributed by atoms with Crippen molar-refractivity contribution in [2.24, 2.45) is 4.99 Å². The van der Waals surface area contributed by atoms with E-state index in [1.807, 2.05) is 4.90 Å². The Kier molecular flexibility index (Phi) is 9.81. The van der Waals surface area contributed by atoms with Crippen LogP contribution in [0.1, 0.15) is 18.1 Å². The molecule has 0 unspecified atom stereocenters. The highest BCUT2D eigenvalue weighted by Crippen LogP contribution is 2.03. The summed E-state index contributed by atoms with van der Waals surface area (Å²) < 4.78 is 0. The van der Waals surface area contributed by atoms with Gasteiger partial charge in [0.15, 0.2) is 5.96 Å². The Balaban J connectivity index is 0.00000312. The van der Waals surface area contributed by atoms with Crippen LogP contribution in [0.2, 0.25) is 0 Å². The Labute approximate surface area is 168 Å². The summed E-state index contributed by atoms with van der Waals surface area (Å²) in [7, 11) is 1.79.